The van der Waals surface area contributed by atoms with Crippen LogP contribution in [0.1, 0.15) is 0 Å². The Morgan fingerprint density at radius 1 is 1.00 bits per heavy atom. The fraction of sp³-hybridized carbons (Fsp3) is 0.0625. The van der Waals surface area contributed by atoms with E-state index in [9.17, 15) is 4.79 Å². The summed E-state index contributed by atoms with van der Waals surface area (Å²) in [6.45, 7) is 0. The molecule has 3 nitrogen and oxygen atoms in total. The molecule has 3 aromatic rings. The molecule has 0 fully saturated rings. The topological polar surface area (TPSA) is 35.5 Å². The molecular weight excluding hydrogens is 311 g/mol. The molecule has 3 aromatic carbocycles. The summed E-state index contributed by atoms with van der Waals surface area (Å²) in [4.78, 5) is 11.5. The zero-order valence-corrected chi connectivity index (χ0v) is 12.5. The van der Waals surface area contributed by atoms with Gasteiger partial charge in [0.05, 0.1) is 12.1 Å². The first kappa shape index (κ1) is 14.0. The lowest BCUT2D eigenvalue weighted by Crippen LogP contribution is -2.08. The zero-order valence-electron chi connectivity index (χ0n) is 11.0. The number of ether oxygens (including phenoxy) is 2. The molecule has 21 heavy (non-hydrogen) atoms. The number of carbonyl (C=O) groups is 1. The first-order valence-electron chi connectivity index (χ1n) is 6.17. The van der Waals surface area contributed by atoms with Crippen molar-refractivity contribution >= 4 is 50.9 Å². The van der Waals surface area contributed by atoms with Gasteiger partial charge in [-0.3, -0.25) is 0 Å². The average Bonchev–Trinajstić information content (AvgIpc) is 2.48. The van der Waals surface area contributed by atoms with Crippen LogP contribution in [0.2, 0.25) is 10.0 Å². The van der Waals surface area contributed by atoms with Crippen molar-refractivity contribution in [1.82, 2.24) is 0 Å². The third kappa shape index (κ3) is 2.39. The van der Waals surface area contributed by atoms with Crippen LogP contribution in [-0.2, 0) is 4.74 Å². The number of carbonyl (C=O) groups excluding carboxylic acids is 1. The number of halogens is 2. The van der Waals surface area contributed by atoms with E-state index < -0.39 is 6.16 Å². The van der Waals surface area contributed by atoms with Crippen LogP contribution < -0.4 is 4.74 Å². The summed E-state index contributed by atoms with van der Waals surface area (Å²) in [5.41, 5.74) is 0. The van der Waals surface area contributed by atoms with Gasteiger partial charge in [0.15, 0.2) is 5.75 Å². The van der Waals surface area contributed by atoms with Crippen molar-refractivity contribution in [3.63, 3.8) is 0 Å². The summed E-state index contributed by atoms with van der Waals surface area (Å²) >= 11 is 12.5. The number of methoxy groups -OCH3 is 1. The van der Waals surface area contributed by atoms with Crippen LogP contribution in [0.15, 0.2) is 42.5 Å². The minimum Gasteiger partial charge on any atom is -0.437 e. The molecule has 0 bridgehead atoms. The van der Waals surface area contributed by atoms with Crippen molar-refractivity contribution in [1.29, 1.82) is 0 Å². The van der Waals surface area contributed by atoms with Crippen LogP contribution >= 0.6 is 23.2 Å². The van der Waals surface area contributed by atoms with E-state index in [-0.39, 0.29) is 0 Å². The van der Waals surface area contributed by atoms with E-state index in [1.54, 1.807) is 18.2 Å². The van der Waals surface area contributed by atoms with E-state index >= 15 is 0 Å². The Kier molecular flexibility index (Phi) is 3.62. The largest absolute Gasteiger partial charge is 0.513 e. The number of benzene rings is 3. The molecule has 0 radical (unpaired) electrons. The van der Waals surface area contributed by atoms with Crippen LogP contribution in [0.5, 0.6) is 5.75 Å². The fourth-order valence-corrected chi connectivity index (χ4v) is 2.80. The summed E-state index contributed by atoms with van der Waals surface area (Å²) in [6.07, 6.45) is -0.802. The molecule has 0 aliphatic rings. The highest BCUT2D eigenvalue weighted by Gasteiger charge is 2.16. The molecule has 0 aliphatic carbocycles. The maximum atomic E-state index is 11.5. The third-order valence-corrected chi connectivity index (χ3v) is 3.87. The average molecular weight is 321 g/mol. The molecule has 0 saturated carbocycles. The molecule has 106 valence electrons. The van der Waals surface area contributed by atoms with Gasteiger partial charge in [-0.15, -0.1) is 0 Å². The smallest absolute Gasteiger partial charge is 0.437 e. The first-order valence-corrected chi connectivity index (χ1v) is 6.92. The summed E-state index contributed by atoms with van der Waals surface area (Å²) in [7, 11) is 1.25. The van der Waals surface area contributed by atoms with E-state index in [0.29, 0.717) is 26.6 Å². The molecule has 0 heterocycles. The van der Waals surface area contributed by atoms with Crippen molar-refractivity contribution in [3.05, 3.63) is 52.5 Å². The monoisotopic (exact) mass is 320 g/mol. The van der Waals surface area contributed by atoms with Crippen LogP contribution in [0.4, 0.5) is 4.79 Å². The van der Waals surface area contributed by atoms with Crippen molar-refractivity contribution in [2.75, 3.05) is 7.11 Å². The quantitative estimate of drug-likeness (QED) is 0.340. The minimum atomic E-state index is -0.802. The van der Waals surface area contributed by atoms with E-state index in [1.807, 2.05) is 24.3 Å². The van der Waals surface area contributed by atoms with Crippen molar-refractivity contribution in [3.8, 4) is 5.75 Å². The van der Waals surface area contributed by atoms with E-state index in [0.717, 1.165) is 10.8 Å². The molecule has 0 aromatic heterocycles. The second-order valence-corrected chi connectivity index (χ2v) is 5.25. The van der Waals surface area contributed by atoms with E-state index in [4.69, 9.17) is 27.9 Å². The van der Waals surface area contributed by atoms with Gasteiger partial charge in [0.2, 0.25) is 0 Å². The molecule has 5 heteroatoms. The molecule has 0 N–H and O–H groups in total. The Labute approximate surface area is 131 Å². The SMILES string of the molecule is COC(=O)Oc1c2cccc(Cl)c2cc2cccc(Cl)c12. The Hall–Kier alpha value is -1.97. The predicted octanol–water partition coefficient (Wildman–Crippen LogP) is 5.45. The highest BCUT2D eigenvalue weighted by atomic mass is 35.5. The van der Waals surface area contributed by atoms with Crippen molar-refractivity contribution < 1.29 is 14.3 Å². The number of hydrogen-bond donors (Lipinski definition) is 0. The molecule has 0 unspecified atom stereocenters. The lowest BCUT2D eigenvalue weighted by atomic mass is 10.0. The summed E-state index contributed by atoms with van der Waals surface area (Å²) in [5, 5.41) is 4.04. The standard InChI is InChI=1S/C16H10Cl2O3/c1-20-16(19)21-15-10-5-3-6-12(17)11(10)8-9-4-2-7-13(18)14(9)15/h2-8H,1H3. The second kappa shape index (κ2) is 5.43. The number of fused-ring (bicyclic) bond motifs is 2. The van der Waals surface area contributed by atoms with Gasteiger partial charge >= 0.3 is 6.16 Å². The van der Waals surface area contributed by atoms with Gasteiger partial charge in [-0.05, 0) is 23.6 Å². The fourth-order valence-electron chi connectivity index (χ4n) is 2.30. The van der Waals surface area contributed by atoms with Gasteiger partial charge in [0, 0.05) is 21.2 Å². The van der Waals surface area contributed by atoms with Gasteiger partial charge in [0.25, 0.3) is 0 Å². The van der Waals surface area contributed by atoms with Crippen LogP contribution in [0.3, 0.4) is 0 Å². The van der Waals surface area contributed by atoms with Gasteiger partial charge in [-0.2, -0.15) is 0 Å². The van der Waals surface area contributed by atoms with Crippen molar-refractivity contribution in [2.45, 2.75) is 0 Å². The molecule has 0 atom stereocenters. The maximum Gasteiger partial charge on any atom is 0.513 e. The van der Waals surface area contributed by atoms with Crippen LogP contribution in [-0.4, -0.2) is 13.3 Å². The van der Waals surface area contributed by atoms with Gasteiger partial charge < -0.3 is 9.47 Å². The molecule has 0 spiro atoms. The second-order valence-electron chi connectivity index (χ2n) is 4.43. The molecule has 3 rings (SSSR count). The summed E-state index contributed by atoms with van der Waals surface area (Å²) < 4.78 is 9.91. The number of rotatable bonds is 1. The van der Waals surface area contributed by atoms with Crippen molar-refractivity contribution in [2.24, 2.45) is 0 Å². The minimum absolute atomic E-state index is 0.349. The van der Waals surface area contributed by atoms with E-state index in [2.05, 4.69) is 4.74 Å². The highest BCUT2D eigenvalue weighted by Crippen LogP contribution is 2.41. The Balaban J connectivity index is 2.46. The zero-order chi connectivity index (χ0) is 15.0. The molecule has 0 aliphatic heterocycles. The third-order valence-electron chi connectivity index (χ3n) is 3.22. The van der Waals surface area contributed by atoms with Crippen LogP contribution in [0, 0.1) is 0 Å². The molecule has 0 amide bonds. The summed E-state index contributed by atoms with van der Waals surface area (Å²) in [5.74, 6) is 0.349. The lowest BCUT2D eigenvalue weighted by Gasteiger charge is -2.12. The molecular formula is C16H10Cl2O3. The van der Waals surface area contributed by atoms with Gasteiger partial charge in [0.1, 0.15) is 0 Å². The van der Waals surface area contributed by atoms with Crippen LogP contribution in [0.25, 0.3) is 21.5 Å². The maximum absolute atomic E-state index is 11.5. The first-order chi connectivity index (χ1) is 10.1. The number of hydrogen-bond acceptors (Lipinski definition) is 3. The lowest BCUT2D eigenvalue weighted by molar-refractivity contribution is 0.122. The summed E-state index contributed by atoms with van der Waals surface area (Å²) in [6, 6.07) is 12.8. The van der Waals surface area contributed by atoms with Gasteiger partial charge in [-0.1, -0.05) is 47.5 Å². The Morgan fingerprint density at radius 2 is 1.71 bits per heavy atom. The van der Waals surface area contributed by atoms with Gasteiger partial charge in [-0.25, -0.2) is 4.79 Å². The normalized spacial score (nSPS) is 10.8. The van der Waals surface area contributed by atoms with E-state index in [1.165, 1.54) is 7.11 Å². The Morgan fingerprint density at radius 3 is 2.48 bits per heavy atom. The Bertz CT molecular complexity index is 859. The molecule has 0 saturated heterocycles. The highest BCUT2D eigenvalue weighted by molar-refractivity contribution is 6.39. The predicted molar refractivity (Wildman–Crippen MR) is 84.5 cm³/mol.